The van der Waals surface area contributed by atoms with Crippen molar-refractivity contribution >= 4 is 11.6 Å². The highest BCUT2D eigenvalue weighted by molar-refractivity contribution is 6.31. The van der Waals surface area contributed by atoms with Crippen LogP contribution in [0.4, 0.5) is 4.39 Å². The van der Waals surface area contributed by atoms with Crippen molar-refractivity contribution in [2.75, 3.05) is 0 Å². The van der Waals surface area contributed by atoms with Crippen molar-refractivity contribution in [3.63, 3.8) is 0 Å². The van der Waals surface area contributed by atoms with Gasteiger partial charge in [0.2, 0.25) is 0 Å². The van der Waals surface area contributed by atoms with E-state index in [1.54, 1.807) is 6.07 Å². The van der Waals surface area contributed by atoms with Crippen LogP contribution in [-0.4, -0.2) is 6.04 Å². The van der Waals surface area contributed by atoms with E-state index in [2.05, 4.69) is 0 Å². The molecule has 2 N–H and O–H groups in total. The first-order chi connectivity index (χ1) is 6.68. The van der Waals surface area contributed by atoms with E-state index in [0.717, 1.165) is 24.8 Å². The Kier molecular flexibility index (Phi) is 2.75. The molecule has 1 nitrogen and oxygen atoms in total. The highest BCUT2D eigenvalue weighted by Crippen LogP contribution is 2.31. The Bertz CT molecular complexity index is 340. The van der Waals surface area contributed by atoms with Crippen molar-refractivity contribution in [2.45, 2.75) is 25.3 Å². The second-order valence-electron chi connectivity index (χ2n) is 3.92. The quantitative estimate of drug-likeness (QED) is 0.803. The van der Waals surface area contributed by atoms with Gasteiger partial charge >= 0.3 is 0 Å². The van der Waals surface area contributed by atoms with Crippen LogP contribution >= 0.6 is 11.6 Å². The van der Waals surface area contributed by atoms with Crippen LogP contribution in [0.3, 0.4) is 0 Å². The maximum Gasteiger partial charge on any atom is 0.142 e. The molecule has 76 valence electrons. The molecule has 1 aliphatic carbocycles. The van der Waals surface area contributed by atoms with Gasteiger partial charge in [-0.2, -0.15) is 0 Å². The second-order valence-corrected chi connectivity index (χ2v) is 4.30. The van der Waals surface area contributed by atoms with Crippen molar-refractivity contribution < 1.29 is 4.39 Å². The molecule has 1 aromatic rings. The maximum absolute atomic E-state index is 13.1. The van der Waals surface area contributed by atoms with Crippen LogP contribution in [0.25, 0.3) is 0 Å². The molecule has 0 heterocycles. The third-order valence-electron chi connectivity index (χ3n) is 2.99. The summed E-state index contributed by atoms with van der Waals surface area (Å²) in [5, 5.41) is 0.256. The largest absolute Gasteiger partial charge is 0.327 e. The van der Waals surface area contributed by atoms with E-state index in [4.69, 9.17) is 17.3 Å². The zero-order valence-corrected chi connectivity index (χ0v) is 8.60. The zero-order valence-electron chi connectivity index (χ0n) is 7.84. The Labute approximate surface area is 88.1 Å². The summed E-state index contributed by atoms with van der Waals surface area (Å²) in [6, 6.07) is 5.22. The number of nitrogens with two attached hydrogens (primary N) is 1. The third-order valence-corrected chi connectivity index (χ3v) is 3.41. The summed E-state index contributed by atoms with van der Waals surface area (Å²) >= 11 is 5.85. The van der Waals surface area contributed by atoms with Crippen LogP contribution < -0.4 is 5.73 Å². The van der Waals surface area contributed by atoms with Crippen LogP contribution in [0.1, 0.15) is 18.4 Å². The normalized spacial score (nSPS) is 25.9. The lowest BCUT2D eigenvalue weighted by atomic mass is 9.76. The molecule has 1 fully saturated rings. The van der Waals surface area contributed by atoms with E-state index >= 15 is 0 Å². The standard InChI is InChI=1S/C11H13ClFN/c12-11-8(2-1-3-9(11)13)6-7-4-5-10(7)14/h1-3,7,10H,4-6,14H2. The van der Waals surface area contributed by atoms with E-state index < -0.39 is 0 Å². The molecule has 1 aliphatic rings. The number of hydrogen-bond acceptors (Lipinski definition) is 1. The minimum absolute atomic E-state index is 0.256. The van der Waals surface area contributed by atoms with Gasteiger partial charge in [-0.3, -0.25) is 0 Å². The molecular weight excluding hydrogens is 201 g/mol. The Morgan fingerprint density at radius 3 is 2.79 bits per heavy atom. The molecule has 3 heteroatoms. The Morgan fingerprint density at radius 2 is 2.21 bits per heavy atom. The highest BCUT2D eigenvalue weighted by atomic mass is 35.5. The molecule has 0 spiro atoms. The van der Waals surface area contributed by atoms with Crippen LogP contribution in [0, 0.1) is 11.7 Å². The molecule has 0 saturated heterocycles. The average molecular weight is 214 g/mol. The lowest BCUT2D eigenvalue weighted by Crippen LogP contribution is -2.40. The van der Waals surface area contributed by atoms with Gasteiger partial charge in [0.15, 0.2) is 0 Å². The minimum atomic E-state index is -0.336. The van der Waals surface area contributed by atoms with E-state index in [9.17, 15) is 4.39 Å². The van der Waals surface area contributed by atoms with Gasteiger partial charge in [0, 0.05) is 6.04 Å². The van der Waals surface area contributed by atoms with Crippen LogP contribution in [0.15, 0.2) is 18.2 Å². The highest BCUT2D eigenvalue weighted by Gasteiger charge is 2.27. The van der Waals surface area contributed by atoms with Gasteiger partial charge in [0.05, 0.1) is 5.02 Å². The van der Waals surface area contributed by atoms with E-state index in [1.807, 2.05) is 6.07 Å². The molecular formula is C11H13ClFN. The van der Waals surface area contributed by atoms with Crippen molar-refractivity contribution in [2.24, 2.45) is 11.7 Å². The molecule has 2 atom stereocenters. The number of benzene rings is 1. The fourth-order valence-electron chi connectivity index (χ4n) is 1.84. The van der Waals surface area contributed by atoms with Crippen LogP contribution in [0.2, 0.25) is 5.02 Å². The van der Waals surface area contributed by atoms with Crippen molar-refractivity contribution in [1.82, 2.24) is 0 Å². The molecule has 14 heavy (non-hydrogen) atoms. The summed E-state index contributed by atoms with van der Waals surface area (Å²) in [4.78, 5) is 0. The number of hydrogen-bond donors (Lipinski definition) is 1. The Balaban J connectivity index is 2.12. The Morgan fingerprint density at radius 1 is 1.43 bits per heavy atom. The summed E-state index contributed by atoms with van der Waals surface area (Å²) < 4.78 is 13.1. The molecule has 1 saturated carbocycles. The van der Waals surface area contributed by atoms with Gasteiger partial charge < -0.3 is 5.73 Å². The lowest BCUT2D eigenvalue weighted by Gasteiger charge is -2.33. The van der Waals surface area contributed by atoms with Gasteiger partial charge in [-0.05, 0) is 36.8 Å². The summed E-state index contributed by atoms with van der Waals surface area (Å²) in [6.07, 6.45) is 3.02. The first kappa shape index (κ1) is 9.94. The Hall–Kier alpha value is -0.600. The molecule has 0 aromatic heterocycles. The number of halogens is 2. The summed E-state index contributed by atoms with van der Waals surface area (Å²) in [7, 11) is 0. The smallest absolute Gasteiger partial charge is 0.142 e. The predicted molar refractivity (Wildman–Crippen MR) is 55.8 cm³/mol. The van der Waals surface area contributed by atoms with Gasteiger partial charge in [0.25, 0.3) is 0 Å². The van der Waals surface area contributed by atoms with Crippen molar-refractivity contribution in [3.8, 4) is 0 Å². The van der Waals surface area contributed by atoms with E-state index in [0.29, 0.717) is 5.92 Å². The number of rotatable bonds is 2. The molecule has 0 radical (unpaired) electrons. The summed E-state index contributed by atoms with van der Waals surface area (Å²) in [6.45, 7) is 0. The van der Waals surface area contributed by atoms with Gasteiger partial charge in [-0.15, -0.1) is 0 Å². The molecule has 0 amide bonds. The monoisotopic (exact) mass is 213 g/mol. The maximum atomic E-state index is 13.1. The SMILES string of the molecule is NC1CCC1Cc1cccc(F)c1Cl. The fraction of sp³-hybridized carbons (Fsp3) is 0.455. The minimum Gasteiger partial charge on any atom is -0.327 e. The van der Waals surface area contributed by atoms with E-state index in [-0.39, 0.29) is 16.9 Å². The van der Waals surface area contributed by atoms with Crippen LogP contribution in [0.5, 0.6) is 0 Å². The first-order valence-electron chi connectivity index (χ1n) is 4.87. The van der Waals surface area contributed by atoms with Crippen LogP contribution in [-0.2, 0) is 6.42 Å². The first-order valence-corrected chi connectivity index (χ1v) is 5.24. The zero-order chi connectivity index (χ0) is 10.1. The second kappa shape index (κ2) is 3.87. The molecule has 2 unspecified atom stereocenters. The van der Waals surface area contributed by atoms with Gasteiger partial charge in [-0.1, -0.05) is 23.7 Å². The molecule has 0 aliphatic heterocycles. The summed E-state index contributed by atoms with van der Waals surface area (Å²) in [5.41, 5.74) is 6.70. The molecule has 1 aromatic carbocycles. The van der Waals surface area contributed by atoms with Gasteiger partial charge in [0.1, 0.15) is 5.82 Å². The summed E-state index contributed by atoms with van der Waals surface area (Å²) in [5.74, 6) is 0.145. The average Bonchev–Trinajstić information content (AvgIpc) is 2.18. The third kappa shape index (κ3) is 1.77. The lowest BCUT2D eigenvalue weighted by molar-refractivity contribution is 0.255. The van der Waals surface area contributed by atoms with E-state index in [1.165, 1.54) is 6.07 Å². The molecule has 2 rings (SSSR count). The molecule has 0 bridgehead atoms. The van der Waals surface area contributed by atoms with Gasteiger partial charge in [-0.25, -0.2) is 4.39 Å². The van der Waals surface area contributed by atoms with Crippen molar-refractivity contribution in [1.29, 1.82) is 0 Å². The topological polar surface area (TPSA) is 26.0 Å². The predicted octanol–water partition coefficient (Wildman–Crippen LogP) is 2.76. The fourth-order valence-corrected chi connectivity index (χ4v) is 2.04. The van der Waals surface area contributed by atoms with Crippen molar-refractivity contribution in [3.05, 3.63) is 34.6 Å².